The molecule has 2 rings (SSSR count). The molecule has 1 atom stereocenters. The quantitative estimate of drug-likeness (QED) is 0.809. The van der Waals surface area contributed by atoms with E-state index in [0.717, 1.165) is 9.88 Å². The van der Waals surface area contributed by atoms with Crippen LogP contribution in [0.15, 0.2) is 27.9 Å². The normalized spacial score (nSPS) is 13.7. The van der Waals surface area contributed by atoms with Crippen LogP contribution < -0.4 is 10.0 Å². The predicted octanol–water partition coefficient (Wildman–Crippen LogP) is 2.74. The van der Waals surface area contributed by atoms with Crippen molar-refractivity contribution in [3.63, 3.8) is 0 Å². The molecule has 0 aromatic carbocycles. The Bertz CT molecular complexity index is 663. The molecule has 0 aliphatic heterocycles. The molecule has 5 nitrogen and oxygen atoms in total. The van der Waals surface area contributed by atoms with Crippen molar-refractivity contribution >= 4 is 32.7 Å². The zero-order valence-electron chi connectivity index (χ0n) is 12.2. The monoisotopic (exact) mass is 345 g/mol. The number of hydrogen-bond acceptors (Lipinski definition) is 6. The van der Waals surface area contributed by atoms with Gasteiger partial charge in [-0.3, -0.25) is 0 Å². The second-order valence-electron chi connectivity index (χ2n) is 4.96. The van der Waals surface area contributed by atoms with E-state index in [1.165, 1.54) is 22.7 Å². The summed E-state index contributed by atoms with van der Waals surface area (Å²) in [6.07, 6.45) is 1.67. The summed E-state index contributed by atoms with van der Waals surface area (Å²) in [7, 11) is -3.53. The molecule has 0 saturated carbocycles. The van der Waals surface area contributed by atoms with Gasteiger partial charge < -0.3 is 5.32 Å². The minimum absolute atomic E-state index is 0.310. The van der Waals surface area contributed by atoms with Crippen LogP contribution in [0.2, 0.25) is 0 Å². The molecule has 0 amide bonds. The number of rotatable bonds is 7. The Labute approximate surface area is 133 Å². The number of nitrogens with zero attached hydrogens (tertiary/aromatic N) is 1. The topological polar surface area (TPSA) is 71.1 Å². The van der Waals surface area contributed by atoms with Gasteiger partial charge in [0.15, 0.2) is 0 Å². The van der Waals surface area contributed by atoms with E-state index < -0.39 is 10.0 Å². The summed E-state index contributed by atoms with van der Waals surface area (Å²) >= 11 is 2.89. The highest BCUT2D eigenvalue weighted by Gasteiger charge is 2.23. The highest BCUT2D eigenvalue weighted by atomic mass is 32.2. The molecule has 1 unspecified atom stereocenters. The van der Waals surface area contributed by atoms with Gasteiger partial charge in [0.1, 0.15) is 5.01 Å². The molecule has 0 radical (unpaired) electrons. The van der Waals surface area contributed by atoms with Crippen molar-refractivity contribution in [2.45, 2.75) is 44.3 Å². The standard InChI is InChI=1S/C13H19N3O2S3/c1-9(2)15-8-11-12(4-6-19-11)21(17,18)16-10(3)13-14-5-7-20-13/h4-7,9-10,15-16H,8H2,1-3H3. The van der Waals surface area contributed by atoms with E-state index in [-0.39, 0.29) is 6.04 Å². The average molecular weight is 346 g/mol. The molecule has 8 heteroatoms. The van der Waals surface area contributed by atoms with Crippen molar-refractivity contribution in [2.24, 2.45) is 0 Å². The molecule has 0 spiro atoms. The molecule has 2 N–H and O–H groups in total. The van der Waals surface area contributed by atoms with Gasteiger partial charge in [-0.2, -0.15) is 0 Å². The summed E-state index contributed by atoms with van der Waals surface area (Å²) in [5.74, 6) is 0. The fourth-order valence-electron chi connectivity index (χ4n) is 1.79. The summed E-state index contributed by atoms with van der Waals surface area (Å²) in [5.41, 5.74) is 0. The Morgan fingerprint density at radius 2 is 2.00 bits per heavy atom. The van der Waals surface area contributed by atoms with Gasteiger partial charge in [0.2, 0.25) is 10.0 Å². The minimum atomic E-state index is -3.53. The van der Waals surface area contributed by atoms with Gasteiger partial charge in [-0.15, -0.1) is 22.7 Å². The maximum atomic E-state index is 12.5. The van der Waals surface area contributed by atoms with Crippen LogP contribution in [0.5, 0.6) is 0 Å². The van der Waals surface area contributed by atoms with Crippen molar-refractivity contribution in [3.05, 3.63) is 32.9 Å². The van der Waals surface area contributed by atoms with E-state index >= 15 is 0 Å². The Balaban J connectivity index is 2.14. The van der Waals surface area contributed by atoms with E-state index in [2.05, 4.69) is 15.0 Å². The van der Waals surface area contributed by atoms with E-state index in [1.807, 2.05) is 19.2 Å². The van der Waals surface area contributed by atoms with Crippen molar-refractivity contribution < 1.29 is 8.42 Å². The van der Waals surface area contributed by atoms with Gasteiger partial charge in [-0.1, -0.05) is 13.8 Å². The molecule has 2 aromatic heterocycles. The zero-order valence-corrected chi connectivity index (χ0v) is 14.6. The smallest absolute Gasteiger partial charge is 0.242 e. The Morgan fingerprint density at radius 1 is 1.24 bits per heavy atom. The number of nitrogens with one attached hydrogen (secondary N) is 2. The first-order valence-corrected chi connectivity index (χ1v) is 9.86. The van der Waals surface area contributed by atoms with Gasteiger partial charge in [-0.05, 0) is 18.4 Å². The number of aromatic nitrogens is 1. The lowest BCUT2D eigenvalue weighted by atomic mass is 10.4. The van der Waals surface area contributed by atoms with Crippen LogP contribution in [0.4, 0.5) is 0 Å². The number of thiazole rings is 1. The second-order valence-corrected chi connectivity index (χ2v) is 8.57. The first kappa shape index (κ1) is 16.6. The van der Waals surface area contributed by atoms with Crippen LogP contribution in [0.1, 0.15) is 36.7 Å². The molecule has 0 aliphatic carbocycles. The molecule has 0 fully saturated rings. The summed E-state index contributed by atoms with van der Waals surface area (Å²) < 4.78 is 27.7. The fraction of sp³-hybridized carbons (Fsp3) is 0.462. The van der Waals surface area contributed by atoms with Crippen LogP contribution in [0, 0.1) is 0 Å². The highest BCUT2D eigenvalue weighted by molar-refractivity contribution is 7.89. The lowest BCUT2D eigenvalue weighted by Crippen LogP contribution is -2.28. The molecular formula is C13H19N3O2S3. The molecule has 0 aliphatic rings. The Kier molecular flexibility index (Phi) is 5.50. The molecule has 0 bridgehead atoms. The van der Waals surface area contributed by atoms with E-state index in [1.54, 1.807) is 24.6 Å². The van der Waals surface area contributed by atoms with E-state index in [9.17, 15) is 8.42 Å². The van der Waals surface area contributed by atoms with Crippen LogP contribution in [-0.4, -0.2) is 19.4 Å². The Morgan fingerprint density at radius 3 is 2.62 bits per heavy atom. The molecule has 21 heavy (non-hydrogen) atoms. The van der Waals surface area contributed by atoms with Crippen LogP contribution in [-0.2, 0) is 16.6 Å². The van der Waals surface area contributed by atoms with E-state index in [0.29, 0.717) is 17.5 Å². The first-order chi connectivity index (χ1) is 9.90. The van der Waals surface area contributed by atoms with Crippen LogP contribution in [0.25, 0.3) is 0 Å². The minimum Gasteiger partial charge on any atom is -0.310 e. The van der Waals surface area contributed by atoms with Crippen molar-refractivity contribution in [1.82, 2.24) is 15.0 Å². The van der Waals surface area contributed by atoms with Gasteiger partial charge in [0, 0.05) is 29.0 Å². The highest BCUT2D eigenvalue weighted by Crippen LogP contribution is 2.24. The Hall–Kier alpha value is -0.800. The summed E-state index contributed by atoms with van der Waals surface area (Å²) in [4.78, 5) is 5.32. The van der Waals surface area contributed by atoms with Gasteiger partial charge in [0.25, 0.3) is 0 Å². The lowest BCUT2D eigenvalue weighted by Gasteiger charge is -2.13. The van der Waals surface area contributed by atoms with Crippen LogP contribution in [0.3, 0.4) is 0 Å². The predicted molar refractivity (Wildman–Crippen MR) is 87.1 cm³/mol. The van der Waals surface area contributed by atoms with Gasteiger partial charge >= 0.3 is 0 Å². The number of sulfonamides is 1. The van der Waals surface area contributed by atoms with E-state index in [4.69, 9.17) is 0 Å². The summed E-state index contributed by atoms with van der Waals surface area (Å²) in [6.45, 7) is 6.42. The van der Waals surface area contributed by atoms with Crippen molar-refractivity contribution in [1.29, 1.82) is 0 Å². The molecule has 116 valence electrons. The summed E-state index contributed by atoms with van der Waals surface area (Å²) in [6, 6.07) is 1.63. The molecule has 2 heterocycles. The molecule has 2 aromatic rings. The van der Waals surface area contributed by atoms with Gasteiger partial charge in [0.05, 0.1) is 10.9 Å². The first-order valence-electron chi connectivity index (χ1n) is 6.61. The number of hydrogen-bond donors (Lipinski definition) is 2. The largest absolute Gasteiger partial charge is 0.310 e. The summed E-state index contributed by atoms with van der Waals surface area (Å²) in [5, 5.41) is 7.65. The van der Waals surface area contributed by atoms with Crippen molar-refractivity contribution in [3.8, 4) is 0 Å². The third kappa shape index (κ3) is 4.33. The third-order valence-corrected chi connectivity index (χ3v) is 6.45. The SMILES string of the molecule is CC(C)NCc1sccc1S(=O)(=O)NC(C)c1nccs1. The maximum Gasteiger partial charge on any atom is 0.242 e. The molecular weight excluding hydrogens is 326 g/mol. The fourth-order valence-corrected chi connectivity index (χ4v) is 5.11. The zero-order chi connectivity index (χ0) is 15.5. The maximum absolute atomic E-state index is 12.5. The van der Waals surface area contributed by atoms with Crippen molar-refractivity contribution in [2.75, 3.05) is 0 Å². The second kappa shape index (κ2) is 6.97. The average Bonchev–Trinajstić information content (AvgIpc) is 3.07. The van der Waals surface area contributed by atoms with Gasteiger partial charge in [-0.25, -0.2) is 18.1 Å². The third-order valence-electron chi connectivity index (χ3n) is 2.82. The lowest BCUT2D eigenvalue weighted by molar-refractivity contribution is 0.560. The molecule has 0 saturated heterocycles. The number of thiophene rings is 1. The van der Waals surface area contributed by atoms with Crippen LogP contribution >= 0.6 is 22.7 Å².